The van der Waals surface area contributed by atoms with Crippen LogP contribution in [0, 0.1) is 0 Å². The molecule has 2 aromatic rings. The number of H-pyrrole nitrogens is 1. The number of hydrogen-bond donors (Lipinski definition) is 2. The van der Waals surface area contributed by atoms with E-state index in [0.717, 1.165) is 48.8 Å². The van der Waals surface area contributed by atoms with Gasteiger partial charge >= 0.3 is 0 Å². The van der Waals surface area contributed by atoms with Crippen LogP contribution in [0.2, 0.25) is 5.02 Å². The number of halogens is 1. The van der Waals surface area contributed by atoms with E-state index < -0.39 is 0 Å². The first-order valence-corrected chi connectivity index (χ1v) is 7.50. The summed E-state index contributed by atoms with van der Waals surface area (Å²) in [4.78, 5) is 14.6. The van der Waals surface area contributed by atoms with Crippen molar-refractivity contribution in [3.8, 4) is 11.4 Å². The Balaban J connectivity index is 1.72. The van der Waals surface area contributed by atoms with Gasteiger partial charge in [-0.25, -0.2) is 9.97 Å². The number of imidazole rings is 1. The minimum absolute atomic E-state index is 0.243. The highest BCUT2D eigenvalue weighted by Crippen LogP contribution is 2.31. The van der Waals surface area contributed by atoms with E-state index in [4.69, 9.17) is 17.3 Å². The van der Waals surface area contributed by atoms with E-state index in [1.54, 1.807) is 6.20 Å². The number of nitrogens with two attached hydrogens (primary N) is 1. The number of aromatic amines is 1. The summed E-state index contributed by atoms with van der Waals surface area (Å²) in [6, 6.07) is 2.23. The SMILES string of the molecule is NC1CN(c2cc(-c3nc4c([nH]3)CCC=C4)c(Cl)cn2)C1. The zero-order valence-electron chi connectivity index (χ0n) is 11.5. The second kappa shape index (κ2) is 4.86. The molecule has 0 aromatic carbocycles. The largest absolute Gasteiger partial charge is 0.353 e. The number of aryl methyl sites for hydroxylation is 1. The highest BCUT2D eigenvalue weighted by atomic mass is 35.5. The van der Waals surface area contributed by atoms with Crippen molar-refractivity contribution in [1.29, 1.82) is 0 Å². The number of nitrogens with one attached hydrogen (secondary N) is 1. The lowest BCUT2D eigenvalue weighted by molar-refractivity contribution is 0.514. The first-order valence-electron chi connectivity index (χ1n) is 7.12. The summed E-state index contributed by atoms with van der Waals surface area (Å²) in [6.07, 6.45) is 7.94. The van der Waals surface area contributed by atoms with Crippen LogP contribution in [0.5, 0.6) is 0 Å². The summed E-state index contributed by atoms with van der Waals surface area (Å²) in [5.74, 6) is 1.71. The van der Waals surface area contributed by atoms with Gasteiger partial charge in [0, 0.05) is 36.6 Å². The van der Waals surface area contributed by atoms with Gasteiger partial charge in [0.1, 0.15) is 11.6 Å². The monoisotopic (exact) mass is 301 g/mol. The Morgan fingerprint density at radius 1 is 1.38 bits per heavy atom. The number of hydrogen-bond acceptors (Lipinski definition) is 4. The maximum atomic E-state index is 6.31. The predicted octanol–water partition coefficient (Wildman–Crippen LogP) is 2.23. The van der Waals surface area contributed by atoms with Crippen molar-refractivity contribution < 1.29 is 0 Å². The molecular formula is C15H16ClN5. The average molecular weight is 302 g/mol. The smallest absolute Gasteiger partial charge is 0.139 e. The summed E-state index contributed by atoms with van der Waals surface area (Å²) in [6.45, 7) is 1.68. The molecule has 0 spiro atoms. The Morgan fingerprint density at radius 2 is 2.24 bits per heavy atom. The van der Waals surface area contributed by atoms with Gasteiger partial charge in [0.15, 0.2) is 0 Å². The second-order valence-electron chi connectivity index (χ2n) is 5.58. The van der Waals surface area contributed by atoms with E-state index in [1.165, 1.54) is 5.69 Å². The lowest BCUT2D eigenvalue weighted by atomic mass is 10.1. The van der Waals surface area contributed by atoms with Gasteiger partial charge in [0.05, 0.1) is 10.7 Å². The van der Waals surface area contributed by atoms with Crippen LogP contribution in [-0.2, 0) is 6.42 Å². The molecule has 108 valence electrons. The van der Waals surface area contributed by atoms with Crippen LogP contribution in [0.3, 0.4) is 0 Å². The van der Waals surface area contributed by atoms with Gasteiger partial charge in [-0.05, 0) is 25.0 Å². The van der Waals surface area contributed by atoms with Crippen molar-refractivity contribution in [3.05, 3.63) is 34.7 Å². The normalized spacial score (nSPS) is 17.7. The van der Waals surface area contributed by atoms with E-state index in [1.807, 2.05) is 6.07 Å². The van der Waals surface area contributed by atoms with Crippen molar-refractivity contribution in [3.63, 3.8) is 0 Å². The molecule has 2 aliphatic rings. The van der Waals surface area contributed by atoms with Gasteiger partial charge in [0.2, 0.25) is 0 Å². The van der Waals surface area contributed by atoms with Gasteiger partial charge in [-0.3, -0.25) is 0 Å². The standard InChI is InChI=1S/C15H16ClN5/c16-11-6-18-14(21-7-9(17)8-21)5-10(11)15-19-12-3-1-2-4-13(12)20-15/h1,3,5-6,9H,2,4,7-8,17H2,(H,19,20). The third kappa shape index (κ3) is 2.22. The van der Waals surface area contributed by atoms with Crippen molar-refractivity contribution in [2.45, 2.75) is 18.9 Å². The van der Waals surface area contributed by atoms with E-state index >= 15 is 0 Å². The second-order valence-corrected chi connectivity index (χ2v) is 5.98. The maximum absolute atomic E-state index is 6.31. The van der Waals surface area contributed by atoms with Gasteiger partial charge in [0.25, 0.3) is 0 Å². The molecule has 1 saturated heterocycles. The lowest BCUT2D eigenvalue weighted by Gasteiger charge is -2.37. The third-order valence-corrected chi connectivity index (χ3v) is 4.28. The molecule has 3 heterocycles. The van der Waals surface area contributed by atoms with Crippen molar-refractivity contribution >= 4 is 23.5 Å². The van der Waals surface area contributed by atoms with Gasteiger partial charge in [-0.2, -0.15) is 0 Å². The highest BCUT2D eigenvalue weighted by Gasteiger charge is 2.25. The van der Waals surface area contributed by atoms with Crippen LogP contribution >= 0.6 is 11.6 Å². The molecule has 0 unspecified atom stereocenters. The predicted molar refractivity (Wildman–Crippen MR) is 84.4 cm³/mol. The topological polar surface area (TPSA) is 70.8 Å². The zero-order chi connectivity index (χ0) is 14.4. The summed E-state index contributed by atoms with van der Waals surface area (Å²) < 4.78 is 0. The third-order valence-electron chi connectivity index (χ3n) is 3.98. The molecule has 6 heteroatoms. The Kier molecular flexibility index (Phi) is 2.97. The molecule has 2 aromatic heterocycles. The number of anilines is 1. The maximum Gasteiger partial charge on any atom is 0.139 e. The number of pyridine rings is 1. The van der Waals surface area contributed by atoms with Crippen LogP contribution in [0.1, 0.15) is 17.8 Å². The van der Waals surface area contributed by atoms with Crippen LogP contribution < -0.4 is 10.6 Å². The zero-order valence-corrected chi connectivity index (χ0v) is 12.3. The fourth-order valence-corrected chi connectivity index (χ4v) is 2.98. The number of aromatic nitrogens is 3. The lowest BCUT2D eigenvalue weighted by Crippen LogP contribution is -2.56. The molecular weight excluding hydrogens is 286 g/mol. The van der Waals surface area contributed by atoms with E-state index in [-0.39, 0.29) is 6.04 Å². The summed E-state index contributed by atoms with van der Waals surface area (Å²) in [7, 11) is 0. The van der Waals surface area contributed by atoms with Gasteiger partial charge in [-0.15, -0.1) is 0 Å². The van der Waals surface area contributed by atoms with Crippen molar-refractivity contribution in [1.82, 2.24) is 15.0 Å². The summed E-state index contributed by atoms with van der Waals surface area (Å²) >= 11 is 6.31. The molecule has 1 aliphatic heterocycles. The minimum atomic E-state index is 0.243. The number of nitrogens with zero attached hydrogens (tertiary/aromatic N) is 3. The molecule has 1 aliphatic carbocycles. The molecule has 4 rings (SSSR count). The molecule has 1 fully saturated rings. The highest BCUT2D eigenvalue weighted by molar-refractivity contribution is 6.33. The molecule has 0 amide bonds. The van der Waals surface area contributed by atoms with Crippen LogP contribution in [0.4, 0.5) is 5.82 Å². The van der Waals surface area contributed by atoms with Gasteiger partial charge < -0.3 is 15.6 Å². The van der Waals surface area contributed by atoms with Crippen molar-refractivity contribution in [2.24, 2.45) is 5.73 Å². The van der Waals surface area contributed by atoms with Crippen LogP contribution in [-0.4, -0.2) is 34.1 Å². The van der Waals surface area contributed by atoms with E-state index in [2.05, 4.69) is 32.0 Å². The Bertz CT molecular complexity index is 715. The minimum Gasteiger partial charge on any atom is -0.353 e. The first-order chi connectivity index (χ1) is 10.2. The van der Waals surface area contributed by atoms with E-state index in [9.17, 15) is 0 Å². The number of rotatable bonds is 2. The van der Waals surface area contributed by atoms with E-state index in [0.29, 0.717) is 5.02 Å². The molecule has 3 N–H and O–H groups in total. The first kappa shape index (κ1) is 12.9. The number of allylic oxidation sites excluding steroid dienone is 1. The summed E-state index contributed by atoms with van der Waals surface area (Å²) in [5, 5.41) is 0.610. The van der Waals surface area contributed by atoms with Crippen LogP contribution in [0.15, 0.2) is 18.3 Å². The number of fused-ring (bicyclic) bond motifs is 1. The average Bonchev–Trinajstić information content (AvgIpc) is 2.88. The molecule has 0 bridgehead atoms. The quantitative estimate of drug-likeness (QED) is 0.892. The molecule has 21 heavy (non-hydrogen) atoms. The Morgan fingerprint density at radius 3 is 3.00 bits per heavy atom. The molecule has 0 radical (unpaired) electrons. The van der Waals surface area contributed by atoms with Gasteiger partial charge in [-0.1, -0.05) is 17.7 Å². The molecule has 0 saturated carbocycles. The molecule has 5 nitrogen and oxygen atoms in total. The Labute approximate surface area is 127 Å². The van der Waals surface area contributed by atoms with Crippen LogP contribution in [0.25, 0.3) is 17.5 Å². The fourth-order valence-electron chi connectivity index (χ4n) is 2.78. The Hall–Kier alpha value is -1.85. The summed E-state index contributed by atoms with van der Waals surface area (Å²) in [5.41, 5.74) is 8.91. The van der Waals surface area contributed by atoms with Crippen molar-refractivity contribution in [2.75, 3.05) is 18.0 Å². The fraction of sp³-hybridized carbons (Fsp3) is 0.333. The molecule has 0 atom stereocenters.